The standard InChI is InChI=1S/C13H27N3O/c1-12-10-13(11-14,4-9-17-12)16-6-3-5-15(2)7-8-16/h12H,3-11,14H2,1-2H3. The Morgan fingerprint density at radius 3 is 2.82 bits per heavy atom. The first kappa shape index (κ1) is 13.3. The fourth-order valence-electron chi connectivity index (χ4n) is 3.27. The van der Waals surface area contributed by atoms with E-state index in [0.29, 0.717) is 6.10 Å². The van der Waals surface area contributed by atoms with E-state index in [2.05, 4.69) is 23.8 Å². The van der Waals surface area contributed by atoms with Crippen LogP contribution in [0.3, 0.4) is 0 Å². The second-order valence-electron chi connectivity index (χ2n) is 5.71. The Morgan fingerprint density at radius 1 is 1.29 bits per heavy atom. The van der Waals surface area contributed by atoms with Gasteiger partial charge in [-0.3, -0.25) is 4.90 Å². The lowest BCUT2D eigenvalue weighted by Gasteiger charge is -2.47. The van der Waals surface area contributed by atoms with Gasteiger partial charge in [-0.15, -0.1) is 0 Å². The number of hydrogen-bond acceptors (Lipinski definition) is 4. The topological polar surface area (TPSA) is 41.7 Å². The van der Waals surface area contributed by atoms with Gasteiger partial charge < -0.3 is 15.4 Å². The summed E-state index contributed by atoms with van der Waals surface area (Å²) in [6, 6.07) is 0. The summed E-state index contributed by atoms with van der Waals surface area (Å²) in [5, 5.41) is 0. The number of nitrogens with two attached hydrogens (primary N) is 1. The first-order chi connectivity index (χ1) is 8.16. The van der Waals surface area contributed by atoms with Crippen molar-refractivity contribution >= 4 is 0 Å². The maximum Gasteiger partial charge on any atom is 0.0565 e. The lowest BCUT2D eigenvalue weighted by atomic mass is 9.85. The molecule has 0 radical (unpaired) electrons. The van der Waals surface area contributed by atoms with Crippen molar-refractivity contribution in [2.75, 3.05) is 46.4 Å². The maximum atomic E-state index is 6.11. The number of ether oxygens (including phenoxy) is 1. The number of nitrogens with zero attached hydrogens (tertiary/aromatic N) is 2. The van der Waals surface area contributed by atoms with Gasteiger partial charge in [0.05, 0.1) is 6.10 Å². The van der Waals surface area contributed by atoms with Gasteiger partial charge in [-0.1, -0.05) is 0 Å². The number of rotatable bonds is 2. The van der Waals surface area contributed by atoms with Crippen LogP contribution < -0.4 is 5.73 Å². The van der Waals surface area contributed by atoms with Crippen LogP contribution in [0.1, 0.15) is 26.2 Å². The third-order valence-corrected chi connectivity index (χ3v) is 4.41. The quantitative estimate of drug-likeness (QED) is 0.765. The summed E-state index contributed by atoms with van der Waals surface area (Å²) in [5.74, 6) is 0. The fourth-order valence-corrected chi connectivity index (χ4v) is 3.27. The molecule has 2 unspecified atom stereocenters. The van der Waals surface area contributed by atoms with Crippen molar-refractivity contribution in [1.82, 2.24) is 9.80 Å². The zero-order chi connectivity index (χ0) is 12.3. The normalized spacial score (nSPS) is 37.9. The monoisotopic (exact) mass is 241 g/mol. The molecular weight excluding hydrogens is 214 g/mol. The highest BCUT2D eigenvalue weighted by molar-refractivity contribution is 4.96. The summed E-state index contributed by atoms with van der Waals surface area (Å²) in [5.41, 5.74) is 6.30. The lowest BCUT2D eigenvalue weighted by molar-refractivity contribution is -0.0624. The van der Waals surface area contributed by atoms with E-state index in [0.717, 1.165) is 39.1 Å². The van der Waals surface area contributed by atoms with E-state index in [1.54, 1.807) is 0 Å². The van der Waals surface area contributed by atoms with Gasteiger partial charge in [0.25, 0.3) is 0 Å². The minimum atomic E-state index is 0.197. The minimum Gasteiger partial charge on any atom is -0.378 e. The first-order valence-electron chi connectivity index (χ1n) is 6.91. The van der Waals surface area contributed by atoms with E-state index in [1.165, 1.54) is 19.5 Å². The van der Waals surface area contributed by atoms with Crippen LogP contribution in [0, 0.1) is 0 Å². The van der Waals surface area contributed by atoms with Crippen molar-refractivity contribution in [3.63, 3.8) is 0 Å². The average Bonchev–Trinajstić information content (AvgIpc) is 2.54. The molecule has 0 bridgehead atoms. The summed E-state index contributed by atoms with van der Waals surface area (Å²) in [4.78, 5) is 5.06. The third-order valence-electron chi connectivity index (χ3n) is 4.41. The van der Waals surface area contributed by atoms with Crippen LogP contribution in [0.15, 0.2) is 0 Å². The second-order valence-corrected chi connectivity index (χ2v) is 5.71. The molecule has 2 N–H and O–H groups in total. The van der Waals surface area contributed by atoms with Crippen molar-refractivity contribution in [2.24, 2.45) is 5.73 Å². The summed E-state index contributed by atoms with van der Waals surface area (Å²) >= 11 is 0. The third kappa shape index (κ3) is 2.99. The second kappa shape index (κ2) is 5.65. The van der Waals surface area contributed by atoms with E-state index < -0.39 is 0 Å². The molecule has 2 fully saturated rings. The van der Waals surface area contributed by atoms with Crippen LogP contribution in [-0.4, -0.2) is 67.8 Å². The van der Waals surface area contributed by atoms with Crippen LogP contribution in [0.5, 0.6) is 0 Å². The highest BCUT2D eigenvalue weighted by Crippen LogP contribution is 2.30. The molecule has 2 aliphatic heterocycles. The molecule has 17 heavy (non-hydrogen) atoms. The van der Waals surface area contributed by atoms with Gasteiger partial charge in [-0.2, -0.15) is 0 Å². The van der Waals surface area contributed by atoms with E-state index in [1.807, 2.05) is 0 Å². The summed E-state index contributed by atoms with van der Waals surface area (Å²) in [6.45, 7) is 8.53. The SMILES string of the molecule is CC1CC(CN)(N2CCCN(C)CC2)CCO1. The molecule has 0 saturated carbocycles. The molecule has 2 atom stereocenters. The molecule has 0 aliphatic carbocycles. The molecule has 2 heterocycles. The van der Waals surface area contributed by atoms with Crippen molar-refractivity contribution in [3.05, 3.63) is 0 Å². The molecule has 0 amide bonds. The zero-order valence-electron chi connectivity index (χ0n) is 11.3. The summed E-state index contributed by atoms with van der Waals surface area (Å²) in [6.07, 6.45) is 3.80. The first-order valence-corrected chi connectivity index (χ1v) is 6.91. The van der Waals surface area contributed by atoms with E-state index >= 15 is 0 Å². The number of hydrogen-bond donors (Lipinski definition) is 1. The molecule has 2 aliphatic rings. The van der Waals surface area contributed by atoms with Gasteiger partial charge in [0, 0.05) is 38.3 Å². The van der Waals surface area contributed by atoms with Crippen LogP contribution >= 0.6 is 0 Å². The van der Waals surface area contributed by atoms with Crippen molar-refractivity contribution in [1.29, 1.82) is 0 Å². The lowest BCUT2D eigenvalue weighted by Crippen LogP contribution is -2.59. The van der Waals surface area contributed by atoms with Crippen LogP contribution in [-0.2, 0) is 4.74 Å². The zero-order valence-corrected chi connectivity index (χ0v) is 11.3. The maximum absolute atomic E-state index is 6.11. The molecule has 4 heteroatoms. The summed E-state index contributed by atoms with van der Waals surface area (Å²) < 4.78 is 5.69. The van der Waals surface area contributed by atoms with Crippen LogP contribution in [0.2, 0.25) is 0 Å². The smallest absolute Gasteiger partial charge is 0.0565 e. The van der Waals surface area contributed by atoms with Crippen molar-refractivity contribution < 1.29 is 4.74 Å². The van der Waals surface area contributed by atoms with E-state index in [-0.39, 0.29) is 5.54 Å². The predicted octanol–water partition coefficient (Wildman–Crippen LogP) is 0.520. The van der Waals surface area contributed by atoms with E-state index in [4.69, 9.17) is 10.5 Å². The van der Waals surface area contributed by atoms with Gasteiger partial charge in [-0.25, -0.2) is 0 Å². The molecule has 2 rings (SSSR count). The molecule has 2 saturated heterocycles. The highest BCUT2D eigenvalue weighted by atomic mass is 16.5. The Bertz CT molecular complexity index is 249. The number of likely N-dealkylation sites (N-methyl/N-ethyl adjacent to an activating group) is 1. The molecule has 0 aromatic rings. The van der Waals surface area contributed by atoms with E-state index in [9.17, 15) is 0 Å². The Hall–Kier alpha value is -0.160. The Balaban J connectivity index is 2.05. The molecule has 0 spiro atoms. The van der Waals surface area contributed by atoms with Crippen LogP contribution in [0.4, 0.5) is 0 Å². The molecule has 100 valence electrons. The van der Waals surface area contributed by atoms with Gasteiger partial charge in [0.1, 0.15) is 0 Å². The fraction of sp³-hybridized carbons (Fsp3) is 1.00. The summed E-state index contributed by atoms with van der Waals surface area (Å²) in [7, 11) is 2.21. The Labute approximate surface area is 105 Å². The minimum absolute atomic E-state index is 0.197. The van der Waals surface area contributed by atoms with Crippen molar-refractivity contribution in [2.45, 2.75) is 37.8 Å². The molecule has 0 aromatic heterocycles. The molecule has 0 aromatic carbocycles. The Morgan fingerprint density at radius 2 is 2.12 bits per heavy atom. The van der Waals surface area contributed by atoms with Gasteiger partial charge in [-0.05, 0) is 39.8 Å². The largest absolute Gasteiger partial charge is 0.378 e. The molecular formula is C13H27N3O. The predicted molar refractivity (Wildman–Crippen MR) is 70.1 cm³/mol. The average molecular weight is 241 g/mol. The highest BCUT2D eigenvalue weighted by Gasteiger charge is 2.39. The van der Waals surface area contributed by atoms with Crippen molar-refractivity contribution in [3.8, 4) is 0 Å². The van der Waals surface area contributed by atoms with Gasteiger partial charge in [0.15, 0.2) is 0 Å². The Kier molecular flexibility index (Phi) is 4.42. The van der Waals surface area contributed by atoms with Gasteiger partial charge in [0.2, 0.25) is 0 Å². The van der Waals surface area contributed by atoms with Crippen LogP contribution in [0.25, 0.3) is 0 Å². The molecule has 4 nitrogen and oxygen atoms in total. The van der Waals surface area contributed by atoms with Gasteiger partial charge >= 0.3 is 0 Å².